The third-order valence-electron chi connectivity index (χ3n) is 9.09. The molecule has 0 aliphatic heterocycles. The van der Waals surface area contributed by atoms with E-state index in [2.05, 4.69) is 84.2 Å². The first-order valence-electron chi connectivity index (χ1n) is 20.4. The smallest absolute Gasteiger partial charge is 0.168 e. The first-order chi connectivity index (χ1) is 23.6. The lowest BCUT2D eigenvalue weighted by atomic mass is 10.0. The molecular formula is C43H76N2O3. The zero-order chi connectivity index (χ0) is 35.0. The van der Waals surface area contributed by atoms with Crippen molar-refractivity contribution in [3.05, 3.63) is 61.2 Å². The molecule has 0 aliphatic carbocycles. The van der Waals surface area contributed by atoms with Gasteiger partial charge in [-0.25, -0.2) is 9.13 Å². The molecule has 0 aliphatic rings. The maximum atomic E-state index is 8.33. The highest BCUT2D eigenvalue weighted by atomic mass is 16.6. The summed E-state index contributed by atoms with van der Waals surface area (Å²) in [6.45, 7) is 6.94. The van der Waals surface area contributed by atoms with Crippen molar-refractivity contribution in [2.45, 2.75) is 207 Å². The van der Waals surface area contributed by atoms with E-state index in [0.29, 0.717) is 0 Å². The molecule has 2 aromatic rings. The molecule has 0 atom stereocenters. The lowest BCUT2D eigenvalue weighted by Gasteiger charge is -2.02. The fraction of sp³-hybridized carbons (Fsp3) is 0.744. The van der Waals surface area contributed by atoms with Gasteiger partial charge in [-0.3, -0.25) is 0 Å². The maximum Gasteiger partial charge on any atom is 0.168 e. The lowest BCUT2D eigenvalue weighted by Crippen LogP contribution is -2.37. The van der Waals surface area contributed by atoms with E-state index in [1.165, 1.54) is 193 Å². The fourth-order valence-corrected chi connectivity index (χ4v) is 6.14. The molecule has 0 unspecified atom stereocenters. The van der Waals surface area contributed by atoms with Gasteiger partial charge < -0.3 is 15.0 Å². The predicted octanol–water partition coefficient (Wildman–Crippen LogP) is 10.5. The van der Waals surface area contributed by atoms with Gasteiger partial charge in [0, 0.05) is 37.1 Å². The Hall–Kier alpha value is -2.43. The van der Waals surface area contributed by atoms with E-state index in [9.17, 15) is 0 Å². The summed E-state index contributed by atoms with van der Waals surface area (Å²) < 4.78 is 4.58. The molecule has 2 heterocycles. The molecule has 0 spiro atoms. The Bertz CT molecular complexity index is 807. The van der Waals surface area contributed by atoms with Crippen LogP contribution in [0.15, 0.2) is 61.2 Å². The summed E-state index contributed by atoms with van der Waals surface area (Å²) in [6.07, 6.45) is 46.5. The van der Waals surface area contributed by atoms with Crippen LogP contribution in [-0.4, -0.2) is 6.16 Å². The summed E-state index contributed by atoms with van der Waals surface area (Å²) in [5.74, 6) is 0. The van der Waals surface area contributed by atoms with E-state index < -0.39 is 6.16 Å². The normalized spacial score (nSPS) is 10.5. The van der Waals surface area contributed by atoms with Crippen LogP contribution in [0.1, 0.15) is 194 Å². The quantitative estimate of drug-likeness (QED) is 0.0614. The fourth-order valence-electron chi connectivity index (χ4n) is 6.14. The number of rotatable bonds is 30. The van der Waals surface area contributed by atoms with Gasteiger partial charge in [0.2, 0.25) is 0 Å². The molecule has 5 heteroatoms. The van der Waals surface area contributed by atoms with Crippen molar-refractivity contribution < 1.29 is 24.1 Å². The number of aryl methyl sites for hydroxylation is 2. The second-order valence-electron chi connectivity index (χ2n) is 13.7. The number of aromatic nitrogens is 2. The number of hydrogen-bond acceptors (Lipinski definition) is 3. The Balaban J connectivity index is 0.000000827. The summed E-state index contributed by atoms with van der Waals surface area (Å²) in [4.78, 5) is 8.33. The van der Waals surface area contributed by atoms with E-state index in [1.807, 2.05) is 0 Å². The average Bonchev–Trinajstić information content (AvgIpc) is 3.09. The molecule has 0 N–H and O–H groups in total. The molecule has 5 nitrogen and oxygen atoms in total. The van der Waals surface area contributed by atoms with Crippen molar-refractivity contribution in [2.24, 2.45) is 0 Å². The van der Waals surface area contributed by atoms with Crippen LogP contribution in [0.5, 0.6) is 0 Å². The highest BCUT2D eigenvalue weighted by molar-refractivity contribution is 5.47. The Morgan fingerprint density at radius 1 is 0.354 bits per heavy atom. The summed E-state index contributed by atoms with van der Waals surface area (Å²) in [5.41, 5.74) is 0. The number of carboxylic acid groups (broad SMARTS) is 2. The van der Waals surface area contributed by atoms with Gasteiger partial charge in [-0.05, 0) is 19.0 Å². The summed E-state index contributed by atoms with van der Waals surface area (Å²) >= 11 is 0. The van der Waals surface area contributed by atoms with Gasteiger partial charge in [0.15, 0.2) is 24.8 Å². The molecule has 0 radical (unpaired) electrons. The Labute approximate surface area is 297 Å². The Kier molecular flexibility index (Phi) is 37.0. The zero-order valence-corrected chi connectivity index (χ0v) is 31.6. The van der Waals surface area contributed by atoms with Crippen LogP contribution in [0, 0.1) is 0 Å². The van der Waals surface area contributed by atoms with E-state index in [-0.39, 0.29) is 0 Å². The first kappa shape index (κ1) is 45.6. The molecule has 0 amide bonds. The van der Waals surface area contributed by atoms with Gasteiger partial charge in [-0.2, -0.15) is 0 Å². The lowest BCUT2D eigenvalue weighted by molar-refractivity contribution is -0.697. The number of pyridine rings is 2. The van der Waals surface area contributed by atoms with Gasteiger partial charge in [0.05, 0.1) is 0 Å². The van der Waals surface area contributed by atoms with Crippen LogP contribution in [-0.2, 0) is 13.1 Å². The second kappa shape index (κ2) is 39.0. The minimum atomic E-state index is -2.33. The summed E-state index contributed by atoms with van der Waals surface area (Å²) in [7, 11) is 0. The molecule has 0 aromatic carbocycles. The van der Waals surface area contributed by atoms with E-state index in [4.69, 9.17) is 15.0 Å². The summed E-state index contributed by atoms with van der Waals surface area (Å²) in [6, 6.07) is 12.6. The number of nitrogens with zero attached hydrogens (tertiary/aromatic N) is 2. The molecule has 0 saturated heterocycles. The van der Waals surface area contributed by atoms with Crippen molar-refractivity contribution in [3.63, 3.8) is 0 Å². The average molecular weight is 669 g/mol. The van der Waals surface area contributed by atoms with E-state index in [0.717, 1.165) is 0 Å². The summed E-state index contributed by atoms with van der Waals surface area (Å²) in [5, 5.41) is 16.7. The Morgan fingerprint density at radius 3 is 0.750 bits per heavy atom. The molecule has 0 bridgehead atoms. The molecule has 276 valence electrons. The molecule has 48 heavy (non-hydrogen) atoms. The highest BCUT2D eigenvalue weighted by Gasteiger charge is 1.99. The monoisotopic (exact) mass is 669 g/mol. The largest absolute Gasteiger partial charge is 0.652 e. The van der Waals surface area contributed by atoms with E-state index in [1.54, 1.807) is 0 Å². The molecule has 0 fully saturated rings. The van der Waals surface area contributed by atoms with Gasteiger partial charge in [0.25, 0.3) is 0 Å². The molecule has 2 rings (SSSR count). The number of hydrogen-bond donors (Lipinski definition) is 0. The van der Waals surface area contributed by atoms with Crippen LogP contribution in [0.3, 0.4) is 0 Å². The third-order valence-corrected chi connectivity index (χ3v) is 9.09. The molecule has 2 aromatic heterocycles. The number of carbonyl (C=O) groups is 1. The van der Waals surface area contributed by atoms with Gasteiger partial charge in [-0.1, -0.05) is 180 Å². The van der Waals surface area contributed by atoms with Gasteiger partial charge in [0.1, 0.15) is 13.1 Å². The number of carbonyl (C=O) groups excluding carboxylic acids is 1. The van der Waals surface area contributed by atoms with Crippen molar-refractivity contribution in [2.75, 3.05) is 0 Å². The van der Waals surface area contributed by atoms with Crippen LogP contribution in [0.25, 0.3) is 0 Å². The SMILES string of the molecule is CCCCCCCCCCCCCCCC[n+]1ccccc1.CCCCCCCCCCCCCCCC[n+]1ccccc1.O=C([O-])[O-]. The predicted molar refractivity (Wildman–Crippen MR) is 199 cm³/mol. The van der Waals surface area contributed by atoms with E-state index >= 15 is 0 Å². The van der Waals surface area contributed by atoms with Crippen LogP contribution in [0.4, 0.5) is 4.79 Å². The van der Waals surface area contributed by atoms with Crippen molar-refractivity contribution in [1.29, 1.82) is 0 Å². The standard InChI is InChI=1S/2C21H38N.CH2O3/c2*1-2-3-4-5-6-7-8-9-10-11-12-13-14-16-19-22-20-17-15-18-21-22;2-1(3)4/h2*15,17-18,20-21H,2-14,16,19H2,1H3;(H2,2,3,4)/q2*+1;/p-2. The van der Waals surface area contributed by atoms with Crippen LogP contribution < -0.4 is 19.3 Å². The second-order valence-corrected chi connectivity index (χ2v) is 13.7. The molecular weight excluding hydrogens is 592 g/mol. The first-order valence-corrected chi connectivity index (χ1v) is 20.4. The molecule has 0 saturated carbocycles. The van der Waals surface area contributed by atoms with Crippen molar-refractivity contribution >= 4 is 6.16 Å². The minimum absolute atomic E-state index is 1.18. The Morgan fingerprint density at radius 2 is 0.542 bits per heavy atom. The van der Waals surface area contributed by atoms with Crippen molar-refractivity contribution in [3.8, 4) is 0 Å². The third kappa shape index (κ3) is 38.0. The maximum absolute atomic E-state index is 8.33. The minimum Gasteiger partial charge on any atom is -0.652 e. The van der Waals surface area contributed by atoms with Gasteiger partial charge >= 0.3 is 0 Å². The van der Waals surface area contributed by atoms with Crippen LogP contribution in [0.2, 0.25) is 0 Å². The zero-order valence-electron chi connectivity index (χ0n) is 31.6. The topological polar surface area (TPSA) is 71.0 Å². The van der Waals surface area contributed by atoms with Gasteiger partial charge in [-0.15, -0.1) is 0 Å². The number of unbranched alkanes of at least 4 members (excludes halogenated alkanes) is 26. The van der Waals surface area contributed by atoms with Crippen molar-refractivity contribution in [1.82, 2.24) is 0 Å². The van der Waals surface area contributed by atoms with Crippen LogP contribution >= 0.6 is 0 Å². The highest BCUT2D eigenvalue weighted by Crippen LogP contribution is 2.14.